The van der Waals surface area contributed by atoms with Crippen LogP contribution in [0.1, 0.15) is 29.8 Å². The van der Waals surface area contributed by atoms with Gasteiger partial charge in [-0.25, -0.2) is 14.8 Å². The van der Waals surface area contributed by atoms with Crippen molar-refractivity contribution in [2.24, 2.45) is 5.92 Å². The molecule has 0 radical (unpaired) electrons. The van der Waals surface area contributed by atoms with E-state index in [1.807, 2.05) is 4.90 Å². The van der Waals surface area contributed by atoms with E-state index in [4.69, 9.17) is 5.11 Å². The number of carboxylic acids is 1. The van der Waals surface area contributed by atoms with Gasteiger partial charge in [0.05, 0.1) is 12.4 Å². The molecule has 1 fully saturated rings. The summed E-state index contributed by atoms with van der Waals surface area (Å²) in [5.41, 5.74) is -0.152. The second-order valence-corrected chi connectivity index (χ2v) is 4.81. The molecule has 0 amide bonds. The average molecular weight is 289 g/mol. The second kappa shape index (κ2) is 5.64. The Labute approximate surface area is 113 Å². The van der Waals surface area contributed by atoms with Crippen molar-refractivity contribution in [3.8, 4) is 0 Å². The molecule has 0 aliphatic carbocycles. The third-order valence-electron chi connectivity index (χ3n) is 3.32. The molecule has 5 nitrogen and oxygen atoms in total. The minimum Gasteiger partial charge on any atom is -0.476 e. The van der Waals surface area contributed by atoms with Crippen LogP contribution in [0.15, 0.2) is 12.4 Å². The summed E-state index contributed by atoms with van der Waals surface area (Å²) in [6.07, 6.45) is -1.48. The molecule has 1 aromatic heterocycles. The van der Waals surface area contributed by atoms with Crippen LogP contribution in [0.25, 0.3) is 0 Å². The van der Waals surface area contributed by atoms with Gasteiger partial charge in [0.25, 0.3) is 0 Å². The molecule has 0 aromatic carbocycles. The topological polar surface area (TPSA) is 66.3 Å². The number of aromatic nitrogens is 2. The lowest BCUT2D eigenvalue weighted by Crippen LogP contribution is -2.35. The number of rotatable bonds is 3. The van der Waals surface area contributed by atoms with Gasteiger partial charge in [0.15, 0.2) is 5.69 Å². The lowest BCUT2D eigenvalue weighted by atomic mass is 9.93. The van der Waals surface area contributed by atoms with Crippen LogP contribution in [-0.4, -0.2) is 40.3 Å². The SMILES string of the molecule is O=C(O)c1cnc(N2CCC(CC(F)(F)F)CC2)cn1. The molecular formula is C12H14F3N3O2. The van der Waals surface area contributed by atoms with Gasteiger partial charge in [-0.2, -0.15) is 13.2 Å². The first kappa shape index (κ1) is 14.5. The number of nitrogens with zero attached hydrogens (tertiary/aromatic N) is 3. The summed E-state index contributed by atoms with van der Waals surface area (Å²) in [5.74, 6) is -1.01. The van der Waals surface area contributed by atoms with Crippen LogP contribution in [0.2, 0.25) is 0 Å². The summed E-state index contributed by atoms with van der Waals surface area (Å²) in [4.78, 5) is 20.2. The monoisotopic (exact) mass is 289 g/mol. The standard InChI is InChI=1S/C12H14F3N3O2/c13-12(14,15)5-8-1-3-18(4-2-8)10-7-16-9(6-17-10)11(19)20/h6-8H,1-5H2,(H,19,20). The molecular weight excluding hydrogens is 275 g/mol. The van der Waals surface area contributed by atoms with Crippen LogP contribution < -0.4 is 4.90 Å². The molecule has 1 aromatic rings. The Morgan fingerprint density at radius 1 is 1.30 bits per heavy atom. The highest BCUT2D eigenvalue weighted by atomic mass is 19.4. The van der Waals surface area contributed by atoms with Gasteiger partial charge in [-0.15, -0.1) is 0 Å². The van der Waals surface area contributed by atoms with Crippen LogP contribution in [0.4, 0.5) is 19.0 Å². The van der Waals surface area contributed by atoms with Crippen molar-refractivity contribution < 1.29 is 23.1 Å². The second-order valence-electron chi connectivity index (χ2n) is 4.81. The first-order chi connectivity index (χ1) is 9.35. The molecule has 0 bridgehead atoms. The molecule has 0 atom stereocenters. The number of hydrogen-bond acceptors (Lipinski definition) is 4. The predicted molar refractivity (Wildman–Crippen MR) is 64.6 cm³/mol. The van der Waals surface area contributed by atoms with Gasteiger partial charge in [0, 0.05) is 19.5 Å². The van der Waals surface area contributed by atoms with Crippen molar-refractivity contribution in [2.75, 3.05) is 18.0 Å². The van der Waals surface area contributed by atoms with E-state index in [9.17, 15) is 18.0 Å². The summed E-state index contributed by atoms with van der Waals surface area (Å²) < 4.78 is 36.9. The first-order valence-corrected chi connectivity index (χ1v) is 6.22. The Kier molecular flexibility index (Phi) is 4.10. The third-order valence-corrected chi connectivity index (χ3v) is 3.32. The molecule has 1 saturated heterocycles. The minimum absolute atomic E-state index is 0.152. The lowest BCUT2D eigenvalue weighted by Gasteiger charge is -2.32. The van der Waals surface area contributed by atoms with Gasteiger partial charge in [-0.05, 0) is 18.8 Å². The number of halogens is 3. The number of carboxylic acid groups (broad SMARTS) is 1. The molecule has 8 heteroatoms. The van der Waals surface area contributed by atoms with Gasteiger partial charge in [0.2, 0.25) is 0 Å². The predicted octanol–water partition coefficient (Wildman–Crippen LogP) is 2.34. The van der Waals surface area contributed by atoms with Crippen LogP contribution in [0, 0.1) is 5.92 Å². The zero-order chi connectivity index (χ0) is 14.8. The fraction of sp³-hybridized carbons (Fsp3) is 0.583. The van der Waals surface area contributed by atoms with Crippen molar-refractivity contribution >= 4 is 11.8 Å². The van der Waals surface area contributed by atoms with Crippen molar-refractivity contribution in [2.45, 2.75) is 25.4 Å². The molecule has 1 aliphatic heterocycles. The number of alkyl halides is 3. The van der Waals surface area contributed by atoms with E-state index in [1.165, 1.54) is 6.20 Å². The zero-order valence-electron chi connectivity index (χ0n) is 10.6. The maximum absolute atomic E-state index is 12.3. The molecule has 110 valence electrons. The Bertz CT molecular complexity index is 468. The Morgan fingerprint density at radius 3 is 2.40 bits per heavy atom. The summed E-state index contributed by atoms with van der Waals surface area (Å²) in [7, 11) is 0. The molecule has 2 heterocycles. The molecule has 0 saturated carbocycles. The Balaban J connectivity index is 1.92. The van der Waals surface area contributed by atoms with Crippen molar-refractivity contribution in [3.63, 3.8) is 0 Å². The molecule has 1 N–H and O–H groups in total. The highest BCUT2D eigenvalue weighted by molar-refractivity contribution is 5.84. The Hall–Kier alpha value is -1.86. The van der Waals surface area contributed by atoms with Crippen LogP contribution in [0.5, 0.6) is 0 Å². The number of hydrogen-bond donors (Lipinski definition) is 1. The van der Waals surface area contributed by atoms with E-state index < -0.39 is 18.6 Å². The molecule has 0 spiro atoms. The number of anilines is 1. The van der Waals surface area contributed by atoms with E-state index in [2.05, 4.69) is 9.97 Å². The normalized spacial score (nSPS) is 17.2. The van der Waals surface area contributed by atoms with Crippen LogP contribution >= 0.6 is 0 Å². The molecule has 0 unspecified atom stereocenters. The Morgan fingerprint density at radius 2 is 1.95 bits per heavy atom. The summed E-state index contributed by atoms with van der Waals surface area (Å²) in [5, 5.41) is 8.71. The summed E-state index contributed by atoms with van der Waals surface area (Å²) in [6.45, 7) is 0.948. The zero-order valence-corrected chi connectivity index (χ0v) is 10.6. The fourth-order valence-corrected chi connectivity index (χ4v) is 2.29. The quantitative estimate of drug-likeness (QED) is 0.925. The van der Waals surface area contributed by atoms with Crippen molar-refractivity contribution in [1.82, 2.24) is 9.97 Å². The van der Waals surface area contributed by atoms with Gasteiger partial charge in [0.1, 0.15) is 5.82 Å². The number of piperidine rings is 1. The fourth-order valence-electron chi connectivity index (χ4n) is 2.29. The smallest absolute Gasteiger partial charge is 0.389 e. The maximum Gasteiger partial charge on any atom is 0.389 e. The van der Waals surface area contributed by atoms with Crippen molar-refractivity contribution in [1.29, 1.82) is 0 Å². The maximum atomic E-state index is 12.3. The lowest BCUT2D eigenvalue weighted by molar-refractivity contribution is -0.145. The van der Waals surface area contributed by atoms with Gasteiger partial charge < -0.3 is 10.0 Å². The van der Waals surface area contributed by atoms with E-state index in [0.29, 0.717) is 31.7 Å². The summed E-state index contributed by atoms with van der Waals surface area (Å²) in [6, 6.07) is 0. The molecule has 20 heavy (non-hydrogen) atoms. The van der Waals surface area contributed by atoms with E-state index in [0.717, 1.165) is 6.20 Å². The molecule has 1 aliphatic rings. The van der Waals surface area contributed by atoms with Gasteiger partial charge >= 0.3 is 12.1 Å². The number of carbonyl (C=O) groups is 1. The minimum atomic E-state index is -4.12. The van der Waals surface area contributed by atoms with Crippen molar-refractivity contribution in [3.05, 3.63) is 18.1 Å². The summed E-state index contributed by atoms with van der Waals surface area (Å²) >= 11 is 0. The highest BCUT2D eigenvalue weighted by Gasteiger charge is 2.33. The van der Waals surface area contributed by atoms with Crippen LogP contribution in [0.3, 0.4) is 0 Å². The molecule has 2 rings (SSSR count). The van der Waals surface area contributed by atoms with E-state index >= 15 is 0 Å². The first-order valence-electron chi connectivity index (χ1n) is 6.22. The highest BCUT2D eigenvalue weighted by Crippen LogP contribution is 2.31. The van der Waals surface area contributed by atoms with Gasteiger partial charge in [-0.3, -0.25) is 0 Å². The number of aromatic carboxylic acids is 1. The van der Waals surface area contributed by atoms with Gasteiger partial charge in [-0.1, -0.05) is 0 Å². The third kappa shape index (κ3) is 3.82. The average Bonchev–Trinajstić information content (AvgIpc) is 2.38. The largest absolute Gasteiger partial charge is 0.476 e. The van der Waals surface area contributed by atoms with E-state index in [1.54, 1.807) is 0 Å². The van der Waals surface area contributed by atoms with Crippen LogP contribution in [-0.2, 0) is 0 Å². The van der Waals surface area contributed by atoms with E-state index in [-0.39, 0.29) is 11.6 Å².